The Labute approximate surface area is 178 Å². The van der Waals surface area contributed by atoms with Gasteiger partial charge in [0.15, 0.2) is 11.5 Å². The summed E-state index contributed by atoms with van der Waals surface area (Å²) in [5.74, 6) is 0.520. The minimum Gasteiger partial charge on any atom is -0.343 e. The van der Waals surface area contributed by atoms with E-state index in [9.17, 15) is 14.4 Å². The van der Waals surface area contributed by atoms with E-state index in [4.69, 9.17) is 0 Å². The van der Waals surface area contributed by atoms with Gasteiger partial charge in [-0.2, -0.15) is 0 Å². The van der Waals surface area contributed by atoms with Crippen LogP contribution in [0.1, 0.15) is 19.4 Å². The molecule has 0 bridgehead atoms. The zero-order valence-electron chi connectivity index (χ0n) is 17.8. The van der Waals surface area contributed by atoms with E-state index in [2.05, 4.69) is 9.97 Å². The van der Waals surface area contributed by atoms with Gasteiger partial charge in [-0.3, -0.25) is 18.7 Å². The van der Waals surface area contributed by atoms with Crippen LogP contribution in [0.4, 0.5) is 0 Å². The number of thioether (sulfide) groups is 1. The second-order valence-electron chi connectivity index (χ2n) is 6.98. The SMILES string of the molecule is CCN(CC)C(=O)CSc1nc(-c2ccc(C)cc2)nc2c1c(=O)n(C)c(=O)n2C. The monoisotopic (exact) mass is 427 g/mol. The van der Waals surface area contributed by atoms with E-state index in [1.165, 1.54) is 23.4 Å². The van der Waals surface area contributed by atoms with E-state index < -0.39 is 11.2 Å². The molecular formula is C21H25N5O3S. The predicted octanol–water partition coefficient (Wildman–Crippen LogP) is 1.96. The molecule has 8 nitrogen and oxygen atoms in total. The molecule has 0 aliphatic carbocycles. The highest BCUT2D eigenvalue weighted by Gasteiger charge is 2.20. The van der Waals surface area contributed by atoms with Gasteiger partial charge in [0, 0.05) is 32.7 Å². The van der Waals surface area contributed by atoms with Crippen LogP contribution in [0.25, 0.3) is 22.4 Å². The van der Waals surface area contributed by atoms with Crippen LogP contribution in [0.15, 0.2) is 38.9 Å². The van der Waals surface area contributed by atoms with Gasteiger partial charge in [-0.25, -0.2) is 14.8 Å². The fraction of sp³-hybridized carbons (Fsp3) is 0.381. The van der Waals surface area contributed by atoms with Crippen molar-refractivity contribution in [1.29, 1.82) is 0 Å². The molecule has 30 heavy (non-hydrogen) atoms. The van der Waals surface area contributed by atoms with Crippen molar-refractivity contribution in [3.63, 3.8) is 0 Å². The molecule has 0 aliphatic rings. The highest BCUT2D eigenvalue weighted by Crippen LogP contribution is 2.26. The molecular weight excluding hydrogens is 402 g/mol. The number of benzene rings is 1. The van der Waals surface area contributed by atoms with E-state index in [0.29, 0.717) is 23.9 Å². The Kier molecular flexibility index (Phi) is 6.40. The molecule has 0 saturated heterocycles. The van der Waals surface area contributed by atoms with Crippen molar-refractivity contribution >= 4 is 28.7 Å². The molecule has 9 heteroatoms. The van der Waals surface area contributed by atoms with Crippen molar-refractivity contribution in [3.8, 4) is 11.4 Å². The number of aromatic nitrogens is 4. The first-order chi connectivity index (χ1) is 14.3. The molecule has 0 saturated carbocycles. The van der Waals surface area contributed by atoms with Gasteiger partial charge < -0.3 is 4.90 Å². The van der Waals surface area contributed by atoms with Crippen LogP contribution >= 0.6 is 11.8 Å². The second kappa shape index (κ2) is 8.83. The molecule has 158 valence electrons. The third-order valence-electron chi connectivity index (χ3n) is 5.03. The van der Waals surface area contributed by atoms with Crippen LogP contribution in [0.2, 0.25) is 0 Å². The zero-order chi connectivity index (χ0) is 22.0. The standard InChI is InChI=1S/C21H25N5O3S/c1-6-26(7-2)15(27)12-30-19-16-18(24(4)21(29)25(5)20(16)28)22-17(23-19)14-10-8-13(3)9-11-14/h8-11H,6-7,12H2,1-5H3. The number of aryl methyl sites for hydroxylation is 2. The second-order valence-corrected chi connectivity index (χ2v) is 7.94. The number of carbonyl (C=O) groups excluding carboxylic acids is 1. The van der Waals surface area contributed by atoms with Gasteiger partial charge in [0.05, 0.1) is 5.75 Å². The molecule has 0 fully saturated rings. The first-order valence-corrected chi connectivity index (χ1v) is 10.7. The first-order valence-electron chi connectivity index (χ1n) is 9.73. The Morgan fingerprint density at radius 1 is 1.03 bits per heavy atom. The highest BCUT2D eigenvalue weighted by molar-refractivity contribution is 8.00. The van der Waals surface area contributed by atoms with Gasteiger partial charge in [0.1, 0.15) is 10.4 Å². The van der Waals surface area contributed by atoms with E-state index in [-0.39, 0.29) is 22.7 Å². The summed E-state index contributed by atoms with van der Waals surface area (Å²) in [6.45, 7) is 7.06. The molecule has 0 unspecified atom stereocenters. The highest BCUT2D eigenvalue weighted by atomic mass is 32.2. The molecule has 0 spiro atoms. The number of amides is 1. The number of rotatable bonds is 6. The fourth-order valence-electron chi connectivity index (χ4n) is 3.16. The number of hydrogen-bond donors (Lipinski definition) is 0. The Morgan fingerprint density at radius 2 is 1.67 bits per heavy atom. The van der Waals surface area contributed by atoms with Crippen LogP contribution in [0.5, 0.6) is 0 Å². The van der Waals surface area contributed by atoms with E-state index in [0.717, 1.165) is 15.7 Å². The predicted molar refractivity (Wildman–Crippen MR) is 119 cm³/mol. The molecule has 0 atom stereocenters. The molecule has 0 radical (unpaired) electrons. The average Bonchev–Trinajstić information content (AvgIpc) is 2.75. The molecule has 0 N–H and O–H groups in total. The summed E-state index contributed by atoms with van der Waals surface area (Å²) in [4.78, 5) is 48.7. The third-order valence-corrected chi connectivity index (χ3v) is 5.99. The average molecular weight is 428 g/mol. The molecule has 2 heterocycles. The Hall–Kier alpha value is -2.94. The van der Waals surface area contributed by atoms with Crippen molar-refractivity contribution in [2.24, 2.45) is 14.1 Å². The van der Waals surface area contributed by atoms with Gasteiger partial charge in [-0.05, 0) is 20.8 Å². The summed E-state index contributed by atoms with van der Waals surface area (Å²) in [5.41, 5.74) is 1.19. The number of nitrogens with zero attached hydrogens (tertiary/aromatic N) is 5. The molecule has 1 amide bonds. The lowest BCUT2D eigenvalue weighted by molar-refractivity contribution is -0.127. The van der Waals surface area contributed by atoms with Crippen molar-refractivity contribution in [2.75, 3.05) is 18.8 Å². The minimum atomic E-state index is -0.471. The molecule has 3 aromatic rings. The van der Waals surface area contributed by atoms with Gasteiger partial charge in [0.2, 0.25) is 5.91 Å². The normalized spacial score (nSPS) is 11.1. The maximum absolute atomic E-state index is 12.9. The van der Waals surface area contributed by atoms with Crippen molar-refractivity contribution < 1.29 is 4.79 Å². The topological polar surface area (TPSA) is 90.1 Å². The summed E-state index contributed by atoms with van der Waals surface area (Å²) >= 11 is 1.20. The molecule has 1 aromatic carbocycles. The van der Waals surface area contributed by atoms with Crippen molar-refractivity contribution in [2.45, 2.75) is 25.8 Å². The lowest BCUT2D eigenvalue weighted by Crippen LogP contribution is -2.38. The largest absolute Gasteiger partial charge is 0.343 e. The molecule has 2 aromatic heterocycles. The zero-order valence-corrected chi connectivity index (χ0v) is 18.6. The molecule has 0 aliphatic heterocycles. The summed E-state index contributed by atoms with van der Waals surface area (Å²) in [5, 5.41) is 0.639. The maximum atomic E-state index is 12.9. The summed E-state index contributed by atoms with van der Waals surface area (Å²) < 4.78 is 2.37. The van der Waals surface area contributed by atoms with Gasteiger partial charge in [-0.15, -0.1) is 0 Å². The fourth-order valence-corrected chi connectivity index (χ4v) is 4.08. The minimum absolute atomic E-state index is 0.0321. The quantitative estimate of drug-likeness (QED) is 0.441. The number of hydrogen-bond acceptors (Lipinski definition) is 6. The number of fused-ring (bicyclic) bond motifs is 1. The summed E-state index contributed by atoms with van der Waals surface area (Å²) in [6, 6.07) is 7.68. The Balaban J connectivity index is 2.19. The van der Waals surface area contributed by atoms with Crippen LogP contribution in [0.3, 0.4) is 0 Å². The Morgan fingerprint density at radius 3 is 2.27 bits per heavy atom. The van der Waals surface area contributed by atoms with Gasteiger partial charge in [0.25, 0.3) is 5.56 Å². The van der Waals surface area contributed by atoms with E-state index in [1.54, 1.807) is 11.9 Å². The van der Waals surface area contributed by atoms with E-state index >= 15 is 0 Å². The van der Waals surface area contributed by atoms with Gasteiger partial charge in [-0.1, -0.05) is 41.6 Å². The maximum Gasteiger partial charge on any atom is 0.332 e. The van der Waals surface area contributed by atoms with Crippen molar-refractivity contribution in [3.05, 3.63) is 50.7 Å². The number of carbonyl (C=O) groups is 1. The third kappa shape index (κ3) is 4.02. The first kappa shape index (κ1) is 21.8. The van der Waals surface area contributed by atoms with Crippen LogP contribution in [-0.2, 0) is 18.9 Å². The van der Waals surface area contributed by atoms with Crippen LogP contribution in [0, 0.1) is 6.92 Å². The van der Waals surface area contributed by atoms with Crippen LogP contribution < -0.4 is 11.2 Å². The van der Waals surface area contributed by atoms with E-state index in [1.807, 2.05) is 45.0 Å². The van der Waals surface area contributed by atoms with Crippen LogP contribution in [-0.4, -0.2) is 48.8 Å². The smallest absolute Gasteiger partial charge is 0.332 e. The Bertz CT molecular complexity index is 1210. The summed E-state index contributed by atoms with van der Waals surface area (Å²) in [6.07, 6.45) is 0. The van der Waals surface area contributed by atoms with Gasteiger partial charge >= 0.3 is 5.69 Å². The summed E-state index contributed by atoms with van der Waals surface area (Å²) in [7, 11) is 3.00. The van der Waals surface area contributed by atoms with Crippen molar-refractivity contribution in [1.82, 2.24) is 24.0 Å². The lowest BCUT2D eigenvalue weighted by atomic mass is 10.1. The molecule has 3 rings (SSSR count). The lowest BCUT2D eigenvalue weighted by Gasteiger charge is -2.18.